The number of thioether (sulfide) groups is 2. The summed E-state index contributed by atoms with van der Waals surface area (Å²) < 4.78 is 0. The van der Waals surface area contributed by atoms with Crippen molar-refractivity contribution in [3.63, 3.8) is 0 Å². The molecular formula is C19H25N5O2S2. The van der Waals surface area contributed by atoms with Crippen LogP contribution in [0.3, 0.4) is 0 Å². The second kappa shape index (κ2) is 9.17. The molecule has 0 amide bonds. The van der Waals surface area contributed by atoms with Crippen LogP contribution in [-0.2, 0) is 0 Å². The van der Waals surface area contributed by atoms with E-state index in [0.29, 0.717) is 6.04 Å². The topological polar surface area (TPSA) is 91.9 Å². The standard InChI is InChI=1S/C19H25N5O2S2/c25-24(26)16-8-4-7-14(10-16)17-12-28-19(21-17)23-22-18-20-15(11-27-18)9-13-5-2-1-3-6-13/h4,7-8,10,13,15,17H,1-3,5-6,9,11-12H2,(H,20,22)(H,21,23). The van der Waals surface area contributed by atoms with Gasteiger partial charge in [0.1, 0.15) is 0 Å². The zero-order valence-electron chi connectivity index (χ0n) is 15.7. The highest BCUT2D eigenvalue weighted by Gasteiger charge is 2.25. The van der Waals surface area contributed by atoms with Crippen molar-refractivity contribution in [2.45, 2.75) is 50.6 Å². The predicted octanol–water partition coefficient (Wildman–Crippen LogP) is 4.27. The van der Waals surface area contributed by atoms with E-state index in [-0.39, 0.29) is 16.7 Å². The van der Waals surface area contributed by atoms with E-state index < -0.39 is 0 Å². The molecule has 0 aromatic heterocycles. The molecule has 4 rings (SSSR count). The fourth-order valence-corrected chi connectivity index (χ4v) is 5.79. The molecule has 2 N–H and O–H groups in total. The highest BCUT2D eigenvalue weighted by Crippen LogP contribution is 2.32. The summed E-state index contributed by atoms with van der Waals surface area (Å²) >= 11 is 3.38. The number of benzene rings is 1. The fraction of sp³-hybridized carbons (Fsp3) is 0.579. The summed E-state index contributed by atoms with van der Waals surface area (Å²) in [6, 6.07) is 7.09. The van der Waals surface area contributed by atoms with Crippen molar-refractivity contribution in [3.8, 4) is 0 Å². The second-order valence-corrected chi connectivity index (χ2v) is 9.52. The lowest BCUT2D eigenvalue weighted by molar-refractivity contribution is -0.384. The lowest BCUT2D eigenvalue weighted by Gasteiger charge is -2.22. The first-order valence-electron chi connectivity index (χ1n) is 9.85. The first-order chi connectivity index (χ1) is 13.7. The molecule has 28 heavy (non-hydrogen) atoms. The zero-order valence-corrected chi connectivity index (χ0v) is 17.3. The van der Waals surface area contributed by atoms with Crippen molar-refractivity contribution in [2.24, 2.45) is 15.9 Å². The molecule has 3 aliphatic rings. The van der Waals surface area contributed by atoms with Crippen molar-refractivity contribution < 1.29 is 4.92 Å². The first-order valence-corrected chi connectivity index (χ1v) is 11.8. The number of nitrogens with one attached hydrogen (secondary N) is 2. The van der Waals surface area contributed by atoms with Crippen LogP contribution in [-0.4, -0.2) is 32.8 Å². The maximum Gasteiger partial charge on any atom is 0.269 e. The number of hydrogen-bond donors (Lipinski definition) is 2. The summed E-state index contributed by atoms with van der Waals surface area (Å²) in [5.41, 5.74) is 7.34. The summed E-state index contributed by atoms with van der Waals surface area (Å²) in [5.74, 6) is 2.67. The van der Waals surface area contributed by atoms with Crippen molar-refractivity contribution >= 4 is 39.5 Å². The molecule has 2 heterocycles. The van der Waals surface area contributed by atoms with Gasteiger partial charge in [-0.1, -0.05) is 67.8 Å². The number of rotatable bonds is 4. The van der Waals surface area contributed by atoms with Crippen LogP contribution in [0.25, 0.3) is 0 Å². The van der Waals surface area contributed by atoms with Crippen LogP contribution in [0.2, 0.25) is 0 Å². The molecule has 7 nitrogen and oxygen atoms in total. The van der Waals surface area contributed by atoms with Gasteiger partial charge >= 0.3 is 0 Å². The van der Waals surface area contributed by atoms with E-state index in [1.807, 2.05) is 6.07 Å². The number of aliphatic imine (C=N–C) groups is 2. The highest BCUT2D eigenvalue weighted by molar-refractivity contribution is 8.14. The SMILES string of the molecule is O=[N+]([O-])c1cccc(C2CSC(NNC3=NC(CC4CCCCC4)CS3)=N2)c1. The summed E-state index contributed by atoms with van der Waals surface area (Å²) in [6.07, 6.45) is 8.09. The maximum absolute atomic E-state index is 11.0. The Morgan fingerprint density at radius 3 is 2.61 bits per heavy atom. The van der Waals surface area contributed by atoms with Gasteiger partial charge in [0, 0.05) is 23.6 Å². The van der Waals surface area contributed by atoms with E-state index in [4.69, 9.17) is 4.99 Å². The van der Waals surface area contributed by atoms with Gasteiger partial charge in [0.2, 0.25) is 0 Å². The van der Waals surface area contributed by atoms with E-state index in [0.717, 1.165) is 33.3 Å². The molecular weight excluding hydrogens is 394 g/mol. The minimum atomic E-state index is -0.366. The van der Waals surface area contributed by atoms with Crippen LogP contribution in [0.15, 0.2) is 34.3 Å². The highest BCUT2D eigenvalue weighted by atomic mass is 32.2. The molecule has 2 aliphatic heterocycles. The number of nitro benzene ring substituents is 1. The molecule has 0 saturated heterocycles. The van der Waals surface area contributed by atoms with Crippen LogP contribution in [0.5, 0.6) is 0 Å². The zero-order chi connectivity index (χ0) is 19.3. The summed E-state index contributed by atoms with van der Waals surface area (Å²) in [4.78, 5) is 20.1. The van der Waals surface area contributed by atoms with E-state index in [2.05, 4.69) is 15.8 Å². The molecule has 1 aliphatic carbocycles. The lowest BCUT2D eigenvalue weighted by atomic mass is 9.85. The Morgan fingerprint density at radius 1 is 1.07 bits per heavy atom. The van der Waals surface area contributed by atoms with Gasteiger partial charge in [0.05, 0.1) is 17.0 Å². The number of hydrogen-bond acceptors (Lipinski definition) is 8. The third kappa shape index (κ3) is 5.00. The number of nitro groups is 1. The van der Waals surface area contributed by atoms with Gasteiger partial charge in [0.25, 0.3) is 5.69 Å². The summed E-state index contributed by atoms with van der Waals surface area (Å²) in [5, 5.41) is 12.7. The predicted molar refractivity (Wildman–Crippen MR) is 117 cm³/mol. The first kappa shape index (κ1) is 19.6. The molecule has 2 atom stereocenters. The van der Waals surface area contributed by atoms with Crippen LogP contribution in [0.1, 0.15) is 50.1 Å². The molecule has 1 aromatic carbocycles. The molecule has 0 radical (unpaired) electrons. The van der Waals surface area contributed by atoms with Crippen LogP contribution in [0, 0.1) is 16.0 Å². The van der Waals surface area contributed by atoms with Gasteiger partial charge in [-0.15, -0.1) is 0 Å². The van der Waals surface area contributed by atoms with Gasteiger partial charge in [0.15, 0.2) is 10.3 Å². The van der Waals surface area contributed by atoms with Crippen molar-refractivity contribution in [3.05, 3.63) is 39.9 Å². The van der Waals surface area contributed by atoms with E-state index in [1.54, 1.807) is 35.7 Å². The average Bonchev–Trinajstić information content (AvgIpc) is 3.37. The number of hydrazine groups is 1. The number of nitrogens with zero attached hydrogens (tertiary/aromatic N) is 3. The van der Waals surface area contributed by atoms with Crippen molar-refractivity contribution in [1.29, 1.82) is 0 Å². The fourth-order valence-electron chi connectivity index (χ4n) is 3.98. The average molecular weight is 420 g/mol. The van der Waals surface area contributed by atoms with Gasteiger partial charge in [-0.3, -0.25) is 31.0 Å². The van der Waals surface area contributed by atoms with Crippen molar-refractivity contribution in [1.82, 2.24) is 10.9 Å². The van der Waals surface area contributed by atoms with Gasteiger partial charge in [-0.2, -0.15) is 0 Å². The molecule has 1 fully saturated rings. The van der Waals surface area contributed by atoms with Crippen LogP contribution < -0.4 is 10.9 Å². The number of amidine groups is 2. The smallest absolute Gasteiger partial charge is 0.269 e. The van der Waals surface area contributed by atoms with Gasteiger partial charge in [-0.25, -0.2) is 0 Å². The molecule has 150 valence electrons. The molecule has 2 unspecified atom stereocenters. The minimum absolute atomic E-state index is 0.0635. The van der Waals surface area contributed by atoms with E-state index in [9.17, 15) is 10.1 Å². The molecule has 1 saturated carbocycles. The van der Waals surface area contributed by atoms with Gasteiger partial charge < -0.3 is 0 Å². The minimum Gasteiger partial charge on any atom is -0.277 e. The third-order valence-corrected chi connectivity index (χ3v) is 7.43. The largest absolute Gasteiger partial charge is 0.277 e. The van der Waals surface area contributed by atoms with Crippen molar-refractivity contribution in [2.75, 3.05) is 11.5 Å². The third-order valence-electron chi connectivity index (χ3n) is 5.44. The normalized spacial score (nSPS) is 25.3. The van der Waals surface area contributed by atoms with E-state index >= 15 is 0 Å². The number of non-ortho nitro benzene ring substituents is 1. The summed E-state index contributed by atoms with van der Waals surface area (Å²) in [6.45, 7) is 0. The molecule has 9 heteroatoms. The monoisotopic (exact) mass is 419 g/mol. The quantitative estimate of drug-likeness (QED) is 0.559. The Morgan fingerprint density at radius 2 is 1.82 bits per heavy atom. The molecule has 0 spiro atoms. The Balaban J connectivity index is 1.28. The van der Waals surface area contributed by atoms with E-state index in [1.165, 1.54) is 44.6 Å². The Labute approximate surface area is 173 Å². The van der Waals surface area contributed by atoms with Crippen LogP contribution >= 0.6 is 23.5 Å². The van der Waals surface area contributed by atoms with Gasteiger partial charge in [-0.05, 0) is 17.9 Å². The molecule has 1 aromatic rings. The van der Waals surface area contributed by atoms with Crippen LogP contribution in [0.4, 0.5) is 5.69 Å². The second-order valence-electron chi connectivity index (χ2n) is 7.50. The Kier molecular flexibility index (Phi) is 6.41. The maximum atomic E-state index is 11.0. The Bertz CT molecular complexity index is 779. The summed E-state index contributed by atoms with van der Waals surface area (Å²) in [7, 11) is 0. The lowest BCUT2D eigenvalue weighted by Crippen LogP contribution is -2.37. The Hall–Kier alpha value is -1.74. The molecule has 0 bridgehead atoms.